The number of carbonyl (C=O) groups is 1. The van der Waals surface area contributed by atoms with Gasteiger partial charge in [0.2, 0.25) is 0 Å². The minimum absolute atomic E-state index is 0. The van der Waals surface area contributed by atoms with E-state index in [1.165, 1.54) is 6.20 Å². The second kappa shape index (κ2) is 7.51. The molecule has 2 heterocycles. The average molecular weight is 293 g/mol. The normalized spacial score (nSPS) is 22.7. The van der Waals surface area contributed by atoms with Crippen molar-refractivity contribution in [3.05, 3.63) is 24.3 Å². The maximum atomic E-state index is 12.1. The molecule has 1 aromatic heterocycles. The van der Waals surface area contributed by atoms with Crippen LogP contribution in [0.2, 0.25) is 0 Å². The summed E-state index contributed by atoms with van der Waals surface area (Å²) in [7, 11) is 0. The minimum Gasteiger partial charge on any atom is -0.334 e. The molecule has 0 radical (unpaired) electrons. The maximum absolute atomic E-state index is 12.1. The molecule has 1 N–H and O–H groups in total. The molecule has 1 amide bonds. The molecule has 18 heavy (non-hydrogen) atoms. The molecule has 1 saturated heterocycles. The van der Waals surface area contributed by atoms with E-state index in [4.69, 9.17) is 0 Å². The first-order valence-corrected chi connectivity index (χ1v) is 5.48. The van der Waals surface area contributed by atoms with Crippen LogP contribution in [0.4, 0.5) is 0 Å². The van der Waals surface area contributed by atoms with E-state index >= 15 is 0 Å². The van der Waals surface area contributed by atoms with Crippen LogP contribution < -0.4 is 5.32 Å². The summed E-state index contributed by atoms with van der Waals surface area (Å²) in [5.74, 6) is -0.0340. The number of piperazine rings is 1. The molecule has 1 fully saturated rings. The lowest BCUT2D eigenvalue weighted by Crippen LogP contribution is -2.55. The smallest absolute Gasteiger partial charge is 0.274 e. The summed E-state index contributed by atoms with van der Waals surface area (Å²) in [6.45, 7) is 5.60. The van der Waals surface area contributed by atoms with Crippen molar-refractivity contribution in [3.8, 4) is 0 Å². The Bertz CT molecular complexity index is 367. The van der Waals surface area contributed by atoms with Gasteiger partial charge in [0.05, 0.1) is 6.20 Å². The summed E-state index contributed by atoms with van der Waals surface area (Å²) in [5, 5.41) is 3.39. The Morgan fingerprint density at radius 1 is 1.28 bits per heavy atom. The average Bonchev–Trinajstić information content (AvgIpc) is 2.28. The van der Waals surface area contributed by atoms with Gasteiger partial charge >= 0.3 is 0 Å². The lowest BCUT2D eigenvalue weighted by atomic mass is 10.1. The Kier molecular flexibility index (Phi) is 7.13. The van der Waals surface area contributed by atoms with Crippen LogP contribution in [0.1, 0.15) is 24.3 Å². The molecule has 0 bridgehead atoms. The Balaban J connectivity index is 0.00000144. The fraction of sp³-hybridized carbons (Fsp3) is 0.545. The van der Waals surface area contributed by atoms with Gasteiger partial charge in [-0.3, -0.25) is 9.78 Å². The highest BCUT2D eigenvalue weighted by Crippen LogP contribution is 2.07. The lowest BCUT2D eigenvalue weighted by Gasteiger charge is -2.35. The molecule has 0 saturated carbocycles. The first-order chi connectivity index (χ1) is 7.66. The quantitative estimate of drug-likeness (QED) is 0.843. The van der Waals surface area contributed by atoms with Crippen LogP contribution in [-0.2, 0) is 0 Å². The Labute approximate surface area is 119 Å². The van der Waals surface area contributed by atoms with Gasteiger partial charge in [0.25, 0.3) is 5.91 Å². The second-order valence-electron chi connectivity index (χ2n) is 4.27. The third-order valence-corrected chi connectivity index (χ3v) is 2.63. The molecule has 102 valence electrons. The second-order valence-corrected chi connectivity index (χ2v) is 4.27. The van der Waals surface area contributed by atoms with Gasteiger partial charge in [0.1, 0.15) is 5.69 Å². The molecule has 0 aliphatic carbocycles. The van der Waals surface area contributed by atoms with E-state index in [9.17, 15) is 4.79 Å². The molecule has 1 aliphatic rings. The molecule has 2 unspecified atom stereocenters. The lowest BCUT2D eigenvalue weighted by molar-refractivity contribution is 0.0667. The number of hydrogen-bond donors (Lipinski definition) is 1. The van der Waals surface area contributed by atoms with E-state index in [1.807, 2.05) is 4.90 Å². The summed E-state index contributed by atoms with van der Waals surface area (Å²) < 4.78 is 0. The zero-order chi connectivity index (χ0) is 11.5. The van der Waals surface area contributed by atoms with Crippen molar-refractivity contribution >= 4 is 30.7 Å². The van der Waals surface area contributed by atoms with E-state index in [0.29, 0.717) is 17.8 Å². The predicted octanol–water partition coefficient (Wildman–Crippen LogP) is 1.14. The molecule has 0 aromatic carbocycles. The van der Waals surface area contributed by atoms with Crippen molar-refractivity contribution in [1.29, 1.82) is 0 Å². The molecule has 2 rings (SSSR count). The van der Waals surface area contributed by atoms with E-state index in [0.717, 1.165) is 13.1 Å². The fourth-order valence-electron chi connectivity index (χ4n) is 2.06. The number of halogens is 2. The molecular weight excluding hydrogens is 275 g/mol. The molecule has 7 heteroatoms. The van der Waals surface area contributed by atoms with Crippen molar-refractivity contribution in [2.45, 2.75) is 25.9 Å². The predicted molar refractivity (Wildman–Crippen MR) is 74.5 cm³/mol. The molecular formula is C11H18Cl2N4O. The standard InChI is InChI=1S/C11H16N4O.2ClH/c1-8-6-15(7-9(2)14-8)11(16)10-5-12-3-4-13-10;;/h3-5,8-9,14H,6-7H2,1-2H3;2*1H. The van der Waals surface area contributed by atoms with Crippen LogP contribution >= 0.6 is 24.8 Å². The van der Waals surface area contributed by atoms with Crippen LogP contribution in [-0.4, -0.2) is 45.9 Å². The van der Waals surface area contributed by atoms with Crippen LogP contribution in [0.15, 0.2) is 18.6 Å². The Hall–Kier alpha value is -0.910. The molecule has 1 aromatic rings. The van der Waals surface area contributed by atoms with Crippen LogP contribution in [0, 0.1) is 0 Å². The van der Waals surface area contributed by atoms with Crippen molar-refractivity contribution in [3.63, 3.8) is 0 Å². The van der Waals surface area contributed by atoms with Crippen LogP contribution in [0.3, 0.4) is 0 Å². The van der Waals surface area contributed by atoms with Gasteiger partial charge in [0.15, 0.2) is 0 Å². The number of hydrogen-bond acceptors (Lipinski definition) is 4. The van der Waals surface area contributed by atoms with E-state index in [-0.39, 0.29) is 30.7 Å². The topological polar surface area (TPSA) is 58.1 Å². The number of aromatic nitrogens is 2. The van der Waals surface area contributed by atoms with Crippen molar-refractivity contribution in [2.24, 2.45) is 0 Å². The third-order valence-electron chi connectivity index (χ3n) is 2.63. The molecule has 5 nitrogen and oxygen atoms in total. The molecule has 2 atom stereocenters. The zero-order valence-electron chi connectivity index (χ0n) is 10.4. The molecule has 1 aliphatic heterocycles. The van der Waals surface area contributed by atoms with Crippen molar-refractivity contribution in [1.82, 2.24) is 20.2 Å². The summed E-state index contributed by atoms with van der Waals surface area (Å²) in [6, 6.07) is 0.647. The largest absolute Gasteiger partial charge is 0.334 e. The highest BCUT2D eigenvalue weighted by Gasteiger charge is 2.26. The Morgan fingerprint density at radius 2 is 1.89 bits per heavy atom. The van der Waals surface area contributed by atoms with Crippen molar-refractivity contribution < 1.29 is 4.79 Å². The third kappa shape index (κ3) is 4.08. The van der Waals surface area contributed by atoms with Gasteiger partial charge in [-0.1, -0.05) is 0 Å². The van der Waals surface area contributed by atoms with E-state index in [1.54, 1.807) is 12.4 Å². The first kappa shape index (κ1) is 17.1. The van der Waals surface area contributed by atoms with Gasteiger partial charge in [-0.15, -0.1) is 24.8 Å². The number of rotatable bonds is 1. The van der Waals surface area contributed by atoms with Crippen molar-refractivity contribution in [2.75, 3.05) is 13.1 Å². The van der Waals surface area contributed by atoms with E-state index in [2.05, 4.69) is 29.1 Å². The van der Waals surface area contributed by atoms with Crippen LogP contribution in [0.5, 0.6) is 0 Å². The van der Waals surface area contributed by atoms with Gasteiger partial charge in [-0.2, -0.15) is 0 Å². The molecule has 0 spiro atoms. The number of carbonyl (C=O) groups excluding carboxylic acids is 1. The van der Waals surface area contributed by atoms with Gasteiger partial charge in [-0.05, 0) is 13.8 Å². The van der Waals surface area contributed by atoms with Gasteiger partial charge < -0.3 is 10.2 Å². The van der Waals surface area contributed by atoms with Gasteiger partial charge in [-0.25, -0.2) is 4.98 Å². The van der Waals surface area contributed by atoms with Gasteiger partial charge in [0, 0.05) is 37.6 Å². The summed E-state index contributed by atoms with van der Waals surface area (Å²) >= 11 is 0. The monoisotopic (exact) mass is 292 g/mol. The minimum atomic E-state index is -0.0340. The first-order valence-electron chi connectivity index (χ1n) is 5.48. The number of nitrogens with one attached hydrogen (secondary N) is 1. The van der Waals surface area contributed by atoms with Crippen LogP contribution in [0.25, 0.3) is 0 Å². The highest BCUT2D eigenvalue weighted by molar-refractivity contribution is 5.92. The summed E-state index contributed by atoms with van der Waals surface area (Å²) in [6.07, 6.45) is 4.63. The Morgan fingerprint density at radius 3 is 2.39 bits per heavy atom. The summed E-state index contributed by atoms with van der Waals surface area (Å²) in [5.41, 5.74) is 0.420. The number of nitrogens with zero attached hydrogens (tertiary/aromatic N) is 3. The summed E-state index contributed by atoms with van der Waals surface area (Å²) in [4.78, 5) is 21.9. The highest BCUT2D eigenvalue weighted by atomic mass is 35.5. The van der Waals surface area contributed by atoms with E-state index < -0.39 is 0 Å². The number of amides is 1. The zero-order valence-corrected chi connectivity index (χ0v) is 12.0. The SMILES string of the molecule is CC1CN(C(=O)c2cnccn2)CC(C)N1.Cl.Cl. The maximum Gasteiger partial charge on any atom is 0.274 e. The fourth-order valence-corrected chi connectivity index (χ4v) is 2.06.